The Morgan fingerprint density at radius 2 is 2.06 bits per heavy atom. The van der Waals surface area contributed by atoms with Gasteiger partial charge in [0.05, 0.1) is 0 Å². The van der Waals surface area contributed by atoms with E-state index >= 15 is 0 Å². The molecule has 2 heterocycles. The Hall–Kier alpha value is -0.840. The highest BCUT2D eigenvalue weighted by atomic mass is 35.5. The quantitative estimate of drug-likeness (QED) is 0.903. The summed E-state index contributed by atoms with van der Waals surface area (Å²) in [5.41, 5.74) is 6.37. The standard InChI is InChI=1S/C12H17N3O.2ClH/c13-8-10-2-1-7-15(9-10)12(16)11-3-5-14-6-4-11;;/h3-6,10H,1-2,7-9,13H2;2*1H. The van der Waals surface area contributed by atoms with Crippen molar-refractivity contribution in [1.29, 1.82) is 0 Å². The number of aromatic nitrogens is 1. The van der Waals surface area contributed by atoms with E-state index in [1.165, 1.54) is 0 Å². The number of amides is 1. The summed E-state index contributed by atoms with van der Waals surface area (Å²) in [6.07, 6.45) is 5.49. The number of nitrogens with zero attached hydrogens (tertiary/aromatic N) is 2. The first-order chi connectivity index (χ1) is 7.81. The smallest absolute Gasteiger partial charge is 0.253 e. The molecule has 2 rings (SSSR count). The lowest BCUT2D eigenvalue weighted by molar-refractivity contribution is 0.0678. The third kappa shape index (κ3) is 4.12. The van der Waals surface area contributed by atoms with E-state index in [9.17, 15) is 4.79 Å². The number of likely N-dealkylation sites (tertiary alicyclic amines) is 1. The van der Waals surface area contributed by atoms with Crippen LogP contribution in [-0.2, 0) is 0 Å². The van der Waals surface area contributed by atoms with Crippen LogP contribution >= 0.6 is 24.8 Å². The van der Waals surface area contributed by atoms with E-state index in [0.717, 1.165) is 25.9 Å². The van der Waals surface area contributed by atoms with Crippen LogP contribution in [-0.4, -0.2) is 35.4 Å². The average molecular weight is 292 g/mol. The summed E-state index contributed by atoms with van der Waals surface area (Å²) >= 11 is 0. The summed E-state index contributed by atoms with van der Waals surface area (Å²) < 4.78 is 0. The molecule has 2 N–H and O–H groups in total. The number of carbonyl (C=O) groups excluding carboxylic acids is 1. The molecule has 1 unspecified atom stereocenters. The number of piperidine rings is 1. The predicted molar refractivity (Wildman–Crippen MR) is 76.4 cm³/mol. The number of pyridine rings is 1. The Kier molecular flexibility index (Phi) is 7.91. The summed E-state index contributed by atoms with van der Waals surface area (Å²) in [4.78, 5) is 17.9. The van der Waals surface area contributed by atoms with Gasteiger partial charge in [0, 0.05) is 31.0 Å². The van der Waals surface area contributed by atoms with Gasteiger partial charge in [-0.15, -0.1) is 24.8 Å². The number of nitrogens with two attached hydrogens (primary N) is 1. The molecule has 1 aromatic rings. The lowest BCUT2D eigenvalue weighted by Crippen LogP contribution is -2.42. The van der Waals surface area contributed by atoms with Crippen LogP contribution in [0.3, 0.4) is 0 Å². The van der Waals surface area contributed by atoms with Gasteiger partial charge in [0.2, 0.25) is 0 Å². The summed E-state index contributed by atoms with van der Waals surface area (Å²) in [6.45, 7) is 2.30. The minimum atomic E-state index is 0. The normalized spacial score (nSPS) is 18.5. The second-order valence-electron chi connectivity index (χ2n) is 4.23. The van der Waals surface area contributed by atoms with Crippen LogP contribution in [0, 0.1) is 5.92 Å². The van der Waals surface area contributed by atoms with Crippen LogP contribution in [0.1, 0.15) is 23.2 Å². The number of rotatable bonds is 2. The molecule has 1 atom stereocenters. The molecule has 1 saturated heterocycles. The third-order valence-corrected chi connectivity index (χ3v) is 3.07. The van der Waals surface area contributed by atoms with E-state index in [4.69, 9.17) is 5.73 Å². The summed E-state index contributed by atoms with van der Waals surface area (Å²) in [5, 5.41) is 0. The van der Waals surface area contributed by atoms with Crippen molar-refractivity contribution in [3.63, 3.8) is 0 Å². The first kappa shape index (κ1) is 17.2. The van der Waals surface area contributed by atoms with Crippen LogP contribution < -0.4 is 5.73 Å². The molecule has 1 aliphatic rings. The Labute approximate surface area is 120 Å². The highest BCUT2D eigenvalue weighted by Gasteiger charge is 2.23. The monoisotopic (exact) mass is 291 g/mol. The second-order valence-corrected chi connectivity index (χ2v) is 4.23. The second kappa shape index (κ2) is 8.29. The summed E-state index contributed by atoms with van der Waals surface area (Å²) in [6, 6.07) is 3.52. The van der Waals surface area contributed by atoms with Crippen molar-refractivity contribution < 1.29 is 4.79 Å². The number of carbonyl (C=O) groups is 1. The SMILES string of the molecule is Cl.Cl.NCC1CCCN(C(=O)c2ccncc2)C1. The van der Waals surface area contributed by atoms with Gasteiger partial charge in [-0.1, -0.05) is 0 Å². The Morgan fingerprint density at radius 1 is 1.39 bits per heavy atom. The van der Waals surface area contributed by atoms with E-state index in [0.29, 0.717) is 18.0 Å². The molecule has 0 spiro atoms. The van der Waals surface area contributed by atoms with Crippen LogP contribution in [0.5, 0.6) is 0 Å². The van der Waals surface area contributed by atoms with Gasteiger partial charge in [0.1, 0.15) is 0 Å². The van der Waals surface area contributed by atoms with Crippen molar-refractivity contribution in [1.82, 2.24) is 9.88 Å². The van der Waals surface area contributed by atoms with Crippen molar-refractivity contribution in [2.45, 2.75) is 12.8 Å². The van der Waals surface area contributed by atoms with Gasteiger partial charge in [-0.2, -0.15) is 0 Å². The average Bonchev–Trinajstić information content (AvgIpc) is 2.39. The zero-order valence-corrected chi connectivity index (χ0v) is 11.8. The van der Waals surface area contributed by atoms with Gasteiger partial charge in [-0.3, -0.25) is 9.78 Å². The molecule has 0 saturated carbocycles. The van der Waals surface area contributed by atoms with Gasteiger partial charge in [0.25, 0.3) is 5.91 Å². The molecule has 1 fully saturated rings. The van der Waals surface area contributed by atoms with Gasteiger partial charge in [0.15, 0.2) is 0 Å². The molecule has 1 aromatic heterocycles. The highest BCUT2D eigenvalue weighted by Crippen LogP contribution is 2.17. The molecule has 4 nitrogen and oxygen atoms in total. The molecule has 0 aliphatic carbocycles. The molecule has 0 bridgehead atoms. The Bertz CT molecular complexity index is 362. The Balaban J connectivity index is 0.00000144. The maximum atomic E-state index is 12.1. The third-order valence-electron chi connectivity index (χ3n) is 3.07. The largest absolute Gasteiger partial charge is 0.338 e. The van der Waals surface area contributed by atoms with Crippen molar-refractivity contribution in [2.24, 2.45) is 11.7 Å². The van der Waals surface area contributed by atoms with Crippen molar-refractivity contribution in [3.05, 3.63) is 30.1 Å². The lowest BCUT2D eigenvalue weighted by atomic mass is 9.98. The van der Waals surface area contributed by atoms with E-state index in [-0.39, 0.29) is 30.7 Å². The fourth-order valence-corrected chi connectivity index (χ4v) is 2.12. The topological polar surface area (TPSA) is 59.2 Å². The van der Waals surface area contributed by atoms with Crippen LogP contribution in [0.2, 0.25) is 0 Å². The van der Waals surface area contributed by atoms with Crippen molar-refractivity contribution in [3.8, 4) is 0 Å². The molecule has 1 amide bonds. The fourth-order valence-electron chi connectivity index (χ4n) is 2.12. The van der Waals surface area contributed by atoms with Crippen LogP contribution in [0.4, 0.5) is 0 Å². The van der Waals surface area contributed by atoms with Crippen LogP contribution in [0.15, 0.2) is 24.5 Å². The summed E-state index contributed by atoms with van der Waals surface area (Å²) in [5.74, 6) is 0.556. The van der Waals surface area contributed by atoms with E-state index < -0.39 is 0 Å². The van der Waals surface area contributed by atoms with Gasteiger partial charge in [-0.25, -0.2) is 0 Å². The number of hydrogen-bond donors (Lipinski definition) is 1. The minimum Gasteiger partial charge on any atom is -0.338 e. The molecule has 102 valence electrons. The van der Waals surface area contributed by atoms with Crippen molar-refractivity contribution in [2.75, 3.05) is 19.6 Å². The molecular formula is C12H19Cl2N3O. The number of halogens is 2. The molecule has 18 heavy (non-hydrogen) atoms. The first-order valence-electron chi connectivity index (χ1n) is 5.70. The number of hydrogen-bond acceptors (Lipinski definition) is 3. The maximum Gasteiger partial charge on any atom is 0.253 e. The molecule has 6 heteroatoms. The molecule has 1 aliphatic heterocycles. The Morgan fingerprint density at radius 3 is 2.67 bits per heavy atom. The predicted octanol–water partition coefficient (Wildman–Crippen LogP) is 1.74. The van der Waals surface area contributed by atoms with Crippen molar-refractivity contribution >= 4 is 30.7 Å². The molecule has 0 radical (unpaired) electrons. The van der Waals surface area contributed by atoms with Gasteiger partial charge in [-0.05, 0) is 37.4 Å². The highest BCUT2D eigenvalue weighted by molar-refractivity contribution is 5.94. The van der Waals surface area contributed by atoms with Gasteiger partial charge < -0.3 is 10.6 Å². The zero-order valence-electron chi connectivity index (χ0n) is 10.1. The zero-order chi connectivity index (χ0) is 11.4. The maximum absolute atomic E-state index is 12.1. The van der Waals surface area contributed by atoms with E-state index in [2.05, 4.69) is 4.98 Å². The fraction of sp³-hybridized carbons (Fsp3) is 0.500. The summed E-state index contributed by atoms with van der Waals surface area (Å²) in [7, 11) is 0. The van der Waals surface area contributed by atoms with E-state index in [1.807, 2.05) is 4.90 Å². The lowest BCUT2D eigenvalue weighted by Gasteiger charge is -2.32. The van der Waals surface area contributed by atoms with Gasteiger partial charge >= 0.3 is 0 Å². The first-order valence-corrected chi connectivity index (χ1v) is 5.70. The van der Waals surface area contributed by atoms with E-state index in [1.54, 1.807) is 24.5 Å². The van der Waals surface area contributed by atoms with Crippen LogP contribution in [0.25, 0.3) is 0 Å². The minimum absolute atomic E-state index is 0. The molecule has 0 aromatic carbocycles. The molecular weight excluding hydrogens is 273 g/mol.